The molecule has 104 valence electrons. The Kier molecular flexibility index (Phi) is 4.97. The van der Waals surface area contributed by atoms with Gasteiger partial charge in [0.05, 0.1) is 6.04 Å². The van der Waals surface area contributed by atoms with Crippen molar-refractivity contribution in [1.29, 1.82) is 0 Å². The third-order valence-electron chi connectivity index (χ3n) is 3.58. The van der Waals surface area contributed by atoms with Gasteiger partial charge in [0.1, 0.15) is 0 Å². The highest BCUT2D eigenvalue weighted by Crippen LogP contribution is 2.21. The molecule has 1 heterocycles. The molecule has 3 heteroatoms. The third kappa shape index (κ3) is 4.35. The van der Waals surface area contributed by atoms with Crippen LogP contribution in [0.25, 0.3) is 0 Å². The molecule has 0 spiro atoms. The summed E-state index contributed by atoms with van der Waals surface area (Å²) < 4.78 is 0. The Morgan fingerprint density at radius 3 is 2.53 bits per heavy atom. The van der Waals surface area contributed by atoms with Crippen LogP contribution in [0.3, 0.4) is 0 Å². The largest absolute Gasteiger partial charge is 0.349 e. The number of hydrogen-bond donors (Lipinski definition) is 2. The maximum Gasteiger partial charge on any atom is 0.220 e. The molecule has 2 N–H and O–H groups in total. The van der Waals surface area contributed by atoms with E-state index in [1.54, 1.807) is 0 Å². The molecule has 0 radical (unpaired) electrons. The van der Waals surface area contributed by atoms with E-state index in [2.05, 4.69) is 36.6 Å². The molecule has 1 fully saturated rings. The molecule has 1 unspecified atom stereocenters. The Balaban J connectivity index is 1.95. The molecule has 0 aromatic heterocycles. The molecule has 1 aromatic rings. The fourth-order valence-corrected chi connectivity index (χ4v) is 2.44. The topological polar surface area (TPSA) is 41.1 Å². The summed E-state index contributed by atoms with van der Waals surface area (Å²) in [6.07, 6.45) is 1.63. The zero-order valence-corrected chi connectivity index (χ0v) is 11.9. The van der Waals surface area contributed by atoms with E-state index in [1.807, 2.05) is 18.2 Å². The summed E-state index contributed by atoms with van der Waals surface area (Å²) >= 11 is 0. The Morgan fingerprint density at radius 2 is 2.00 bits per heavy atom. The molecule has 1 amide bonds. The third-order valence-corrected chi connectivity index (χ3v) is 3.58. The fraction of sp³-hybridized carbons (Fsp3) is 0.562. The number of amides is 1. The van der Waals surface area contributed by atoms with E-state index in [-0.39, 0.29) is 11.9 Å². The average Bonchev–Trinajstić information content (AvgIpc) is 2.34. The summed E-state index contributed by atoms with van der Waals surface area (Å²) in [4.78, 5) is 12.1. The number of rotatable bonds is 6. The highest BCUT2D eigenvalue weighted by atomic mass is 16.1. The van der Waals surface area contributed by atoms with Crippen molar-refractivity contribution in [1.82, 2.24) is 10.6 Å². The van der Waals surface area contributed by atoms with Gasteiger partial charge in [-0.2, -0.15) is 0 Å². The van der Waals surface area contributed by atoms with Crippen molar-refractivity contribution in [2.75, 3.05) is 13.1 Å². The maximum absolute atomic E-state index is 12.1. The second-order valence-electron chi connectivity index (χ2n) is 5.89. The monoisotopic (exact) mass is 260 g/mol. The standard InChI is InChI=1S/C16H24N2O/c1-12(2)8-15(14-6-4-3-5-7-14)18-16(19)9-13-10-17-11-13/h3-7,12-13,15,17H,8-11H2,1-2H3,(H,18,19). The first-order valence-electron chi connectivity index (χ1n) is 7.20. The van der Waals surface area contributed by atoms with Gasteiger partial charge in [0.25, 0.3) is 0 Å². The van der Waals surface area contributed by atoms with Crippen LogP contribution in [0, 0.1) is 11.8 Å². The van der Waals surface area contributed by atoms with Crippen LogP contribution in [0.5, 0.6) is 0 Å². The molecule has 1 atom stereocenters. The van der Waals surface area contributed by atoms with Gasteiger partial charge in [0.2, 0.25) is 5.91 Å². The lowest BCUT2D eigenvalue weighted by atomic mass is 9.95. The smallest absolute Gasteiger partial charge is 0.220 e. The van der Waals surface area contributed by atoms with Crippen LogP contribution in [0.15, 0.2) is 30.3 Å². The summed E-state index contributed by atoms with van der Waals surface area (Å²) in [6, 6.07) is 10.4. The van der Waals surface area contributed by atoms with Crippen molar-refractivity contribution in [3.63, 3.8) is 0 Å². The molecule has 0 aliphatic carbocycles. The highest BCUT2D eigenvalue weighted by Gasteiger charge is 2.22. The minimum Gasteiger partial charge on any atom is -0.349 e. The van der Waals surface area contributed by atoms with Crippen molar-refractivity contribution >= 4 is 5.91 Å². The van der Waals surface area contributed by atoms with Gasteiger partial charge in [-0.25, -0.2) is 0 Å². The van der Waals surface area contributed by atoms with Crippen molar-refractivity contribution in [3.8, 4) is 0 Å². The Hall–Kier alpha value is -1.35. The van der Waals surface area contributed by atoms with Crippen molar-refractivity contribution in [2.45, 2.75) is 32.7 Å². The fourth-order valence-electron chi connectivity index (χ4n) is 2.44. The molecule has 0 bridgehead atoms. The van der Waals surface area contributed by atoms with Crippen LogP contribution in [0.4, 0.5) is 0 Å². The summed E-state index contributed by atoms with van der Waals surface area (Å²) in [5, 5.41) is 6.40. The number of carbonyl (C=O) groups excluding carboxylic acids is 1. The molecule has 0 saturated carbocycles. The van der Waals surface area contributed by atoms with E-state index in [4.69, 9.17) is 0 Å². The zero-order valence-electron chi connectivity index (χ0n) is 11.9. The highest BCUT2D eigenvalue weighted by molar-refractivity contribution is 5.76. The normalized spacial score (nSPS) is 17.0. The Bertz CT molecular complexity index is 398. The van der Waals surface area contributed by atoms with Gasteiger partial charge in [-0.15, -0.1) is 0 Å². The van der Waals surface area contributed by atoms with E-state index in [0.717, 1.165) is 19.5 Å². The van der Waals surface area contributed by atoms with Crippen molar-refractivity contribution in [3.05, 3.63) is 35.9 Å². The summed E-state index contributed by atoms with van der Waals surface area (Å²) in [6.45, 7) is 6.34. The lowest BCUT2D eigenvalue weighted by molar-refractivity contribution is -0.123. The summed E-state index contributed by atoms with van der Waals surface area (Å²) in [5.74, 6) is 1.27. The van der Waals surface area contributed by atoms with Gasteiger partial charge < -0.3 is 10.6 Å². The number of benzene rings is 1. The number of carbonyl (C=O) groups is 1. The predicted octanol–water partition coefficient (Wildman–Crippen LogP) is 2.50. The molecule has 3 nitrogen and oxygen atoms in total. The van der Waals surface area contributed by atoms with E-state index in [9.17, 15) is 4.79 Å². The Labute approximate surface area is 115 Å². The van der Waals surface area contributed by atoms with E-state index in [1.165, 1.54) is 5.56 Å². The first kappa shape index (κ1) is 14.1. The lowest BCUT2D eigenvalue weighted by Crippen LogP contribution is -2.45. The molecule has 1 aliphatic heterocycles. The lowest BCUT2D eigenvalue weighted by Gasteiger charge is -2.28. The van der Waals surface area contributed by atoms with Gasteiger partial charge in [0.15, 0.2) is 0 Å². The quantitative estimate of drug-likeness (QED) is 0.825. The van der Waals surface area contributed by atoms with Gasteiger partial charge in [-0.1, -0.05) is 44.2 Å². The molecule has 2 rings (SSSR count). The average molecular weight is 260 g/mol. The van der Waals surface area contributed by atoms with E-state index in [0.29, 0.717) is 18.3 Å². The molecule has 1 aliphatic rings. The zero-order chi connectivity index (χ0) is 13.7. The first-order chi connectivity index (χ1) is 9.15. The van der Waals surface area contributed by atoms with Gasteiger partial charge >= 0.3 is 0 Å². The van der Waals surface area contributed by atoms with E-state index < -0.39 is 0 Å². The van der Waals surface area contributed by atoms with Crippen LogP contribution in [-0.4, -0.2) is 19.0 Å². The van der Waals surface area contributed by atoms with Crippen LogP contribution in [0.2, 0.25) is 0 Å². The van der Waals surface area contributed by atoms with Crippen LogP contribution in [0.1, 0.15) is 38.3 Å². The predicted molar refractivity (Wildman–Crippen MR) is 77.8 cm³/mol. The second-order valence-corrected chi connectivity index (χ2v) is 5.89. The van der Waals surface area contributed by atoms with Gasteiger partial charge in [0, 0.05) is 6.42 Å². The molecule has 1 saturated heterocycles. The number of hydrogen-bond acceptors (Lipinski definition) is 2. The molecular formula is C16H24N2O. The second kappa shape index (κ2) is 6.71. The van der Waals surface area contributed by atoms with Crippen LogP contribution in [-0.2, 0) is 4.79 Å². The maximum atomic E-state index is 12.1. The van der Waals surface area contributed by atoms with Gasteiger partial charge in [-0.3, -0.25) is 4.79 Å². The Morgan fingerprint density at radius 1 is 1.32 bits per heavy atom. The molecular weight excluding hydrogens is 236 g/mol. The first-order valence-corrected chi connectivity index (χ1v) is 7.20. The summed E-state index contributed by atoms with van der Waals surface area (Å²) in [5.41, 5.74) is 1.20. The van der Waals surface area contributed by atoms with Crippen molar-refractivity contribution in [2.24, 2.45) is 11.8 Å². The van der Waals surface area contributed by atoms with Crippen LogP contribution >= 0.6 is 0 Å². The SMILES string of the molecule is CC(C)CC(NC(=O)CC1CNC1)c1ccccc1. The number of nitrogens with one attached hydrogen (secondary N) is 2. The summed E-state index contributed by atoms with van der Waals surface area (Å²) in [7, 11) is 0. The minimum absolute atomic E-state index is 0.140. The van der Waals surface area contributed by atoms with E-state index >= 15 is 0 Å². The molecule has 19 heavy (non-hydrogen) atoms. The molecule has 1 aromatic carbocycles. The van der Waals surface area contributed by atoms with Crippen molar-refractivity contribution < 1.29 is 4.79 Å². The van der Waals surface area contributed by atoms with Gasteiger partial charge in [-0.05, 0) is 36.9 Å². The van der Waals surface area contributed by atoms with Crippen LogP contribution < -0.4 is 10.6 Å². The minimum atomic E-state index is 0.140.